The molecule has 0 fully saturated rings. The summed E-state index contributed by atoms with van der Waals surface area (Å²) in [7, 11) is 0. The van der Waals surface area contributed by atoms with E-state index in [9.17, 15) is 0 Å². The van der Waals surface area contributed by atoms with Crippen molar-refractivity contribution < 1.29 is 0 Å². The van der Waals surface area contributed by atoms with Crippen LogP contribution in [0.1, 0.15) is 69.2 Å². The second-order valence-corrected chi connectivity index (χ2v) is 5.62. The average Bonchev–Trinajstić information content (AvgIpc) is 2.50. The Balaban J connectivity index is 2.63. The van der Waals surface area contributed by atoms with Gasteiger partial charge >= 0.3 is 0 Å². The minimum absolute atomic E-state index is 1.10. The highest BCUT2D eigenvalue weighted by Gasteiger charge is 2.08. The Labute approximate surface area is 126 Å². The molecule has 0 bridgehead atoms. The molecule has 0 heterocycles. The molecule has 1 nitrogen and oxygen atoms in total. The molecule has 114 valence electrons. The molecule has 1 aromatic rings. The summed E-state index contributed by atoms with van der Waals surface area (Å²) >= 11 is 0. The van der Waals surface area contributed by atoms with Gasteiger partial charge in [0, 0.05) is 0 Å². The number of rotatable bonds is 10. The maximum absolute atomic E-state index is 3.41. The molecular formula is C19H33N. The SMILES string of the molecule is CCNCCCCCc1c(CC)cc(CC)cc1CC. The third kappa shape index (κ3) is 5.28. The summed E-state index contributed by atoms with van der Waals surface area (Å²) in [5.41, 5.74) is 6.34. The molecule has 0 unspecified atom stereocenters. The third-order valence-corrected chi connectivity index (χ3v) is 4.19. The summed E-state index contributed by atoms with van der Waals surface area (Å²) in [5.74, 6) is 0. The maximum atomic E-state index is 3.41. The fraction of sp³-hybridized carbons (Fsp3) is 0.684. The molecule has 1 aromatic carbocycles. The zero-order valence-corrected chi connectivity index (χ0v) is 14.0. The number of aryl methyl sites for hydroxylation is 3. The second-order valence-electron chi connectivity index (χ2n) is 5.62. The molecule has 0 radical (unpaired) electrons. The molecule has 0 spiro atoms. The summed E-state index contributed by atoms with van der Waals surface area (Å²) in [6.07, 6.45) is 8.75. The first-order valence-corrected chi connectivity index (χ1v) is 8.60. The van der Waals surface area contributed by atoms with Crippen LogP contribution in [0.15, 0.2) is 12.1 Å². The van der Waals surface area contributed by atoms with Gasteiger partial charge in [-0.15, -0.1) is 0 Å². The number of benzene rings is 1. The maximum Gasteiger partial charge on any atom is -0.00490 e. The lowest BCUT2D eigenvalue weighted by Gasteiger charge is -2.15. The highest BCUT2D eigenvalue weighted by molar-refractivity contribution is 5.39. The summed E-state index contributed by atoms with van der Waals surface area (Å²) in [6.45, 7) is 11.3. The van der Waals surface area contributed by atoms with E-state index < -0.39 is 0 Å². The Morgan fingerprint density at radius 1 is 0.800 bits per heavy atom. The number of nitrogens with one attached hydrogen (secondary N) is 1. The minimum Gasteiger partial charge on any atom is -0.317 e. The van der Waals surface area contributed by atoms with Crippen LogP contribution in [0, 0.1) is 0 Å². The van der Waals surface area contributed by atoms with E-state index in [2.05, 4.69) is 45.1 Å². The van der Waals surface area contributed by atoms with Gasteiger partial charge in [-0.05, 0) is 73.9 Å². The van der Waals surface area contributed by atoms with Crippen LogP contribution < -0.4 is 5.32 Å². The lowest BCUT2D eigenvalue weighted by Crippen LogP contribution is -2.13. The summed E-state index contributed by atoms with van der Waals surface area (Å²) < 4.78 is 0. The van der Waals surface area contributed by atoms with Gasteiger partial charge in [-0.1, -0.05) is 46.2 Å². The van der Waals surface area contributed by atoms with Gasteiger partial charge in [-0.2, -0.15) is 0 Å². The molecular weight excluding hydrogens is 242 g/mol. The predicted molar refractivity (Wildman–Crippen MR) is 90.7 cm³/mol. The number of hydrogen-bond donors (Lipinski definition) is 1. The van der Waals surface area contributed by atoms with Crippen LogP contribution in [0.4, 0.5) is 0 Å². The Morgan fingerprint density at radius 2 is 1.45 bits per heavy atom. The fourth-order valence-electron chi connectivity index (χ4n) is 2.93. The van der Waals surface area contributed by atoms with Crippen molar-refractivity contribution in [2.45, 2.75) is 72.6 Å². The number of hydrogen-bond acceptors (Lipinski definition) is 1. The van der Waals surface area contributed by atoms with Gasteiger partial charge in [0.05, 0.1) is 0 Å². The van der Waals surface area contributed by atoms with Gasteiger partial charge < -0.3 is 5.32 Å². The van der Waals surface area contributed by atoms with Crippen molar-refractivity contribution in [3.05, 3.63) is 34.4 Å². The zero-order chi connectivity index (χ0) is 14.8. The monoisotopic (exact) mass is 275 g/mol. The molecule has 0 atom stereocenters. The number of unbranched alkanes of at least 4 members (excludes halogenated alkanes) is 2. The molecule has 0 aliphatic carbocycles. The Hall–Kier alpha value is -0.820. The van der Waals surface area contributed by atoms with Gasteiger partial charge in [0.15, 0.2) is 0 Å². The molecule has 0 saturated heterocycles. The Morgan fingerprint density at radius 3 is 1.95 bits per heavy atom. The Kier molecular flexibility index (Phi) is 8.60. The predicted octanol–water partition coefficient (Wildman–Crippen LogP) is 4.70. The lowest BCUT2D eigenvalue weighted by atomic mass is 9.90. The van der Waals surface area contributed by atoms with Crippen LogP contribution in [0.25, 0.3) is 0 Å². The summed E-state index contributed by atoms with van der Waals surface area (Å²) in [5, 5.41) is 3.41. The molecule has 0 aliphatic heterocycles. The van der Waals surface area contributed by atoms with Gasteiger partial charge in [0.25, 0.3) is 0 Å². The van der Waals surface area contributed by atoms with E-state index in [0.717, 1.165) is 13.0 Å². The van der Waals surface area contributed by atoms with Crippen LogP contribution >= 0.6 is 0 Å². The van der Waals surface area contributed by atoms with Crippen LogP contribution in [-0.2, 0) is 25.7 Å². The van der Waals surface area contributed by atoms with Gasteiger partial charge in [0.2, 0.25) is 0 Å². The van der Waals surface area contributed by atoms with E-state index in [0.29, 0.717) is 0 Å². The topological polar surface area (TPSA) is 12.0 Å². The molecule has 1 rings (SSSR count). The molecule has 0 aromatic heterocycles. The first-order chi connectivity index (χ1) is 9.76. The summed E-state index contributed by atoms with van der Waals surface area (Å²) in [4.78, 5) is 0. The fourth-order valence-corrected chi connectivity index (χ4v) is 2.93. The van der Waals surface area contributed by atoms with Gasteiger partial charge in [-0.25, -0.2) is 0 Å². The largest absolute Gasteiger partial charge is 0.317 e. The molecule has 0 saturated carbocycles. The van der Waals surface area contributed by atoms with Crippen LogP contribution in [0.3, 0.4) is 0 Å². The van der Waals surface area contributed by atoms with Crippen molar-refractivity contribution in [1.82, 2.24) is 5.32 Å². The van der Waals surface area contributed by atoms with Crippen molar-refractivity contribution in [3.8, 4) is 0 Å². The first-order valence-electron chi connectivity index (χ1n) is 8.60. The minimum atomic E-state index is 1.10. The first kappa shape index (κ1) is 17.2. The molecule has 0 amide bonds. The quantitative estimate of drug-likeness (QED) is 0.611. The van der Waals surface area contributed by atoms with E-state index in [-0.39, 0.29) is 0 Å². The van der Waals surface area contributed by atoms with Gasteiger partial charge in [0.1, 0.15) is 0 Å². The molecule has 1 N–H and O–H groups in total. The second kappa shape index (κ2) is 9.99. The van der Waals surface area contributed by atoms with Crippen molar-refractivity contribution in [2.75, 3.05) is 13.1 Å². The van der Waals surface area contributed by atoms with E-state index in [1.807, 2.05) is 0 Å². The molecule has 20 heavy (non-hydrogen) atoms. The zero-order valence-electron chi connectivity index (χ0n) is 14.0. The highest BCUT2D eigenvalue weighted by atomic mass is 14.8. The van der Waals surface area contributed by atoms with E-state index >= 15 is 0 Å². The average molecular weight is 275 g/mol. The van der Waals surface area contributed by atoms with Crippen molar-refractivity contribution in [3.63, 3.8) is 0 Å². The Bertz CT molecular complexity index is 356. The molecule has 0 aliphatic rings. The summed E-state index contributed by atoms with van der Waals surface area (Å²) in [6, 6.07) is 4.88. The van der Waals surface area contributed by atoms with E-state index in [1.165, 1.54) is 50.6 Å². The third-order valence-electron chi connectivity index (χ3n) is 4.19. The van der Waals surface area contributed by atoms with Crippen LogP contribution in [-0.4, -0.2) is 13.1 Å². The van der Waals surface area contributed by atoms with Crippen molar-refractivity contribution in [2.24, 2.45) is 0 Å². The highest BCUT2D eigenvalue weighted by Crippen LogP contribution is 2.22. The van der Waals surface area contributed by atoms with Gasteiger partial charge in [-0.3, -0.25) is 0 Å². The van der Waals surface area contributed by atoms with Crippen LogP contribution in [0.2, 0.25) is 0 Å². The van der Waals surface area contributed by atoms with Crippen molar-refractivity contribution >= 4 is 0 Å². The normalized spacial score (nSPS) is 11.0. The standard InChI is InChI=1S/C19H33N/c1-5-16-14-17(6-2)19(18(7-3)15-16)12-10-9-11-13-20-8-4/h14-15,20H,5-13H2,1-4H3. The van der Waals surface area contributed by atoms with E-state index in [4.69, 9.17) is 0 Å². The lowest BCUT2D eigenvalue weighted by molar-refractivity contribution is 0.614. The van der Waals surface area contributed by atoms with E-state index in [1.54, 1.807) is 16.7 Å². The molecule has 1 heteroatoms. The van der Waals surface area contributed by atoms with Crippen LogP contribution in [0.5, 0.6) is 0 Å². The smallest absolute Gasteiger partial charge is 0.00490 e. The van der Waals surface area contributed by atoms with Crippen molar-refractivity contribution in [1.29, 1.82) is 0 Å².